The molecule has 0 radical (unpaired) electrons. The van der Waals surface area contributed by atoms with Gasteiger partial charge in [0.15, 0.2) is 5.65 Å². The summed E-state index contributed by atoms with van der Waals surface area (Å²) < 4.78 is 5.40. The van der Waals surface area contributed by atoms with E-state index in [1.807, 2.05) is 54.3 Å². The van der Waals surface area contributed by atoms with Gasteiger partial charge in [-0.25, -0.2) is 4.98 Å². The van der Waals surface area contributed by atoms with Gasteiger partial charge in [0.1, 0.15) is 5.78 Å². The second-order valence-corrected chi connectivity index (χ2v) is 9.16. The average Bonchev–Trinajstić information content (AvgIpc) is 3.57. The Hall–Kier alpha value is -4.37. The quantitative estimate of drug-likeness (QED) is 0.366. The molecule has 1 aliphatic rings. The van der Waals surface area contributed by atoms with Crippen LogP contribution < -0.4 is 0 Å². The van der Waals surface area contributed by atoms with Crippen molar-refractivity contribution in [1.29, 1.82) is 0 Å². The Morgan fingerprint density at radius 1 is 1.00 bits per heavy atom. The van der Waals surface area contributed by atoms with Gasteiger partial charge in [0, 0.05) is 77.0 Å². The summed E-state index contributed by atoms with van der Waals surface area (Å²) in [6.45, 7) is 4.17. The molecule has 0 unspecified atom stereocenters. The van der Waals surface area contributed by atoms with Crippen LogP contribution in [-0.2, 0) is 16.0 Å². The van der Waals surface area contributed by atoms with Gasteiger partial charge in [-0.3, -0.25) is 19.7 Å². The van der Waals surface area contributed by atoms with Gasteiger partial charge >= 0.3 is 0 Å². The van der Waals surface area contributed by atoms with E-state index in [4.69, 9.17) is 4.74 Å². The molecule has 0 spiro atoms. The van der Waals surface area contributed by atoms with Crippen molar-refractivity contribution in [3.8, 4) is 22.5 Å². The van der Waals surface area contributed by atoms with Crippen molar-refractivity contribution in [2.45, 2.75) is 19.8 Å². The van der Waals surface area contributed by atoms with Gasteiger partial charge in [0.2, 0.25) is 0 Å². The highest BCUT2D eigenvalue weighted by Gasteiger charge is 2.22. The summed E-state index contributed by atoms with van der Waals surface area (Å²) in [5.41, 5.74) is 6.32. The van der Waals surface area contributed by atoms with Crippen molar-refractivity contribution in [2.24, 2.45) is 0 Å². The molecule has 9 heteroatoms. The molecule has 0 saturated carbocycles. The van der Waals surface area contributed by atoms with E-state index < -0.39 is 0 Å². The van der Waals surface area contributed by atoms with Crippen LogP contribution in [0.1, 0.15) is 29.4 Å². The van der Waals surface area contributed by atoms with E-state index in [1.165, 1.54) is 0 Å². The molecule has 1 saturated heterocycles. The predicted octanol–water partition coefficient (Wildman–Crippen LogP) is 4.16. The van der Waals surface area contributed by atoms with Gasteiger partial charge in [-0.05, 0) is 30.3 Å². The number of hydrogen-bond donors (Lipinski definition) is 2. The lowest BCUT2D eigenvalue weighted by molar-refractivity contribution is -0.118. The maximum Gasteiger partial charge on any atom is 0.254 e. The third-order valence-corrected chi connectivity index (χ3v) is 6.80. The number of fused-ring (bicyclic) bond motifs is 2. The molecule has 9 nitrogen and oxygen atoms in total. The number of aromatic nitrogens is 5. The Morgan fingerprint density at radius 3 is 2.62 bits per heavy atom. The van der Waals surface area contributed by atoms with Gasteiger partial charge in [0.25, 0.3) is 5.91 Å². The van der Waals surface area contributed by atoms with E-state index in [2.05, 4.69) is 25.1 Å². The minimum atomic E-state index is 0.00875. The molecule has 0 bridgehead atoms. The zero-order valence-corrected chi connectivity index (χ0v) is 20.5. The van der Waals surface area contributed by atoms with Crippen LogP contribution in [0.5, 0.6) is 0 Å². The second-order valence-electron chi connectivity index (χ2n) is 9.16. The highest BCUT2D eigenvalue weighted by molar-refractivity contribution is 6.08. The molecule has 2 N–H and O–H groups in total. The molecule has 5 aromatic rings. The van der Waals surface area contributed by atoms with Crippen LogP contribution in [0.3, 0.4) is 0 Å². The van der Waals surface area contributed by atoms with Crippen molar-refractivity contribution < 1.29 is 14.3 Å². The summed E-state index contributed by atoms with van der Waals surface area (Å²) in [6.07, 6.45) is 4.39. The fourth-order valence-corrected chi connectivity index (χ4v) is 4.70. The number of H-pyrrole nitrogens is 2. The highest BCUT2D eigenvalue weighted by Crippen LogP contribution is 2.32. The maximum absolute atomic E-state index is 13.2. The lowest BCUT2D eigenvalue weighted by Crippen LogP contribution is -2.40. The first-order valence-corrected chi connectivity index (χ1v) is 12.4. The summed E-state index contributed by atoms with van der Waals surface area (Å²) in [4.78, 5) is 39.2. The molecule has 186 valence electrons. The summed E-state index contributed by atoms with van der Waals surface area (Å²) in [5, 5.41) is 9.22. The third-order valence-electron chi connectivity index (χ3n) is 6.80. The number of Topliss-reactive ketones (excluding diaryl/α,β-unsaturated/α-hetero) is 1. The summed E-state index contributed by atoms with van der Waals surface area (Å²) in [6, 6.07) is 13.6. The minimum Gasteiger partial charge on any atom is -0.378 e. The van der Waals surface area contributed by atoms with Gasteiger partial charge in [-0.2, -0.15) is 5.10 Å². The van der Waals surface area contributed by atoms with E-state index in [0.29, 0.717) is 50.4 Å². The Bertz CT molecular complexity index is 1610. The van der Waals surface area contributed by atoms with Crippen LogP contribution in [0.4, 0.5) is 0 Å². The average molecular weight is 495 g/mol. The number of nitrogens with one attached hydrogen (secondary N) is 2. The first kappa shape index (κ1) is 23.1. The van der Waals surface area contributed by atoms with Crippen molar-refractivity contribution >= 4 is 33.6 Å². The van der Waals surface area contributed by atoms with Gasteiger partial charge < -0.3 is 14.6 Å². The molecule has 0 aliphatic carbocycles. The van der Waals surface area contributed by atoms with Crippen LogP contribution in [0.15, 0.2) is 54.9 Å². The number of aromatic amines is 2. The number of amides is 1. The highest BCUT2D eigenvalue weighted by atomic mass is 16.5. The molecule has 1 aromatic carbocycles. The smallest absolute Gasteiger partial charge is 0.254 e. The number of carbonyl (C=O) groups excluding carboxylic acids is 2. The fraction of sp³-hybridized carbons (Fsp3) is 0.250. The van der Waals surface area contributed by atoms with Gasteiger partial charge in [0.05, 0.1) is 24.6 Å². The Labute approximate surface area is 212 Å². The first-order valence-electron chi connectivity index (χ1n) is 12.4. The van der Waals surface area contributed by atoms with Gasteiger partial charge in [-0.15, -0.1) is 0 Å². The van der Waals surface area contributed by atoms with Crippen molar-refractivity contribution in [2.75, 3.05) is 26.3 Å². The van der Waals surface area contributed by atoms with E-state index in [1.54, 1.807) is 12.4 Å². The summed E-state index contributed by atoms with van der Waals surface area (Å²) >= 11 is 0. The second kappa shape index (κ2) is 9.59. The Balaban J connectivity index is 1.35. The molecule has 6 rings (SSSR count). The van der Waals surface area contributed by atoms with Crippen molar-refractivity contribution in [1.82, 2.24) is 30.0 Å². The fourth-order valence-electron chi connectivity index (χ4n) is 4.70. The van der Waals surface area contributed by atoms with E-state index in [-0.39, 0.29) is 11.7 Å². The number of ether oxygens (including phenoxy) is 1. The van der Waals surface area contributed by atoms with Gasteiger partial charge in [-0.1, -0.05) is 19.1 Å². The molecular formula is C28H26N6O3. The monoisotopic (exact) mass is 494 g/mol. The zero-order chi connectivity index (χ0) is 25.4. The lowest BCUT2D eigenvalue weighted by Gasteiger charge is -2.27. The SMILES string of the molecule is CCC(=O)Cc1ccc(-c2cnc3n[nH]c(-c4cc5c(C(=O)N6CCOCC6)cccc5[nH]4)c3c2)cn1. The van der Waals surface area contributed by atoms with E-state index >= 15 is 0 Å². The normalized spacial score (nSPS) is 13.9. The topological polar surface area (TPSA) is 117 Å². The van der Waals surface area contributed by atoms with E-state index in [0.717, 1.165) is 44.5 Å². The van der Waals surface area contributed by atoms with Crippen LogP contribution in [0.25, 0.3) is 44.5 Å². The van der Waals surface area contributed by atoms with Crippen LogP contribution >= 0.6 is 0 Å². The van der Waals surface area contributed by atoms with E-state index in [9.17, 15) is 9.59 Å². The molecule has 4 aromatic heterocycles. The standard InChI is InChI=1S/C28H26N6O3/c1-2-20(35)13-19-7-6-17(15-29-19)18-12-23-26(32-33-27(23)30-16-18)25-14-22-21(4-3-5-24(22)31-25)28(36)34-8-10-37-11-9-34/h3-7,12,14-16,31H,2,8-11,13H2,1H3,(H,30,32,33). The van der Waals surface area contributed by atoms with Crippen molar-refractivity contribution in [3.05, 3.63) is 66.1 Å². The first-order chi connectivity index (χ1) is 18.1. The lowest BCUT2D eigenvalue weighted by atomic mass is 10.1. The number of hydrogen-bond acceptors (Lipinski definition) is 6. The molecule has 5 heterocycles. The molecular weight excluding hydrogens is 468 g/mol. The van der Waals surface area contributed by atoms with Crippen LogP contribution in [-0.4, -0.2) is 68.0 Å². The largest absolute Gasteiger partial charge is 0.378 e. The summed E-state index contributed by atoms with van der Waals surface area (Å²) in [5.74, 6) is 0.175. The van der Waals surface area contributed by atoms with Crippen molar-refractivity contribution in [3.63, 3.8) is 0 Å². The predicted molar refractivity (Wildman–Crippen MR) is 140 cm³/mol. The minimum absolute atomic E-state index is 0.00875. The third kappa shape index (κ3) is 4.38. The molecule has 0 atom stereocenters. The Kier molecular flexibility index (Phi) is 5.97. The number of benzene rings is 1. The number of morpholine rings is 1. The summed E-state index contributed by atoms with van der Waals surface area (Å²) in [7, 11) is 0. The molecule has 1 fully saturated rings. The molecule has 1 amide bonds. The number of ketones is 1. The number of carbonyl (C=O) groups is 2. The van der Waals surface area contributed by atoms with Crippen LogP contribution in [0.2, 0.25) is 0 Å². The number of pyridine rings is 2. The van der Waals surface area contributed by atoms with Crippen LogP contribution in [0, 0.1) is 0 Å². The number of rotatable bonds is 6. The number of nitrogens with zero attached hydrogens (tertiary/aromatic N) is 4. The Morgan fingerprint density at radius 2 is 1.84 bits per heavy atom. The molecule has 1 aliphatic heterocycles. The zero-order valence-electron chi connectivity index (χ0n) is 20.5. The maximum atomic E-state index is 13.2. The molecule has 37 heavy (non-hydrogen) atoms.